The third-order valence-electron chi connectivity index (χ3n) is 5.69. The van der Waals surface area contributed by atoms with E-state index in [9.17, 15) is 9.59 Å². The normalized spacial score (nSPS) is 19.0. The largest absolute Gasteiger partial charge is 0.355 e. The van der Waals surface area contributed by atoms with Crippen LogP contribution in [0.1, 0.15) is 58.3 Å². The summed E-state index contributed by atoms with van der Waals surface area (Å²) < 4.78 is 0. The van der Waals surface area contributed by atoms with Crippen LogP contribution in [0.5, 0.6) is 0 Å². The first-order valence-corrected chi connectivity index (χ1v) is 11.2. The van der Waals surface area contributed by atoms with Crippen LogP contribution in [-0.4, -0.2) is 86.5 Å². The summed E-state index contributed by atoms with van der Waals surface area (Å²) >= 11 is 0. The number of hydrogen-bond donors (Lipinski definition) is 3. The number of guanidine groups is 1. The van der Waals surface area contributed by atoms with Crippen LogP contribution in [0.2, 0.25) is 0 Å². The molecular formula is C21H41IN6O2. The average Bonchev–Trinajstić information content (AvgIpc) is 2.72. The molecule has 1 aliphatic carbocycles. The zero-order valence-corrected chi connectivity index (χ0v) is 21.2. The zero-order chi connectivity index (χ0) is 21.1. The molecule has 0 bridgehead atoms. The van der Waals surface area contributed by atoms with Gasteiger partial charge in [0.2, 0.25) is 11.8 Å². The molecule has 0 radical (unpaired) electrons. The highest BCUT2D eigenvalue weighted by Crippen LogP contribution is 2.17. The van der Waals surface area contributed by atoms with Gasteiger partial charge in [-0.15, -0.1) is 24.0 Å². The fourth-order valence-electron chi connectivity index (χ4n) is 3.81. The molecule has 0 aromatic carbocycles. The number of halogens is 1. The summed E-state index contributed by atoms with van der Waals surface area (Å²) in [5.74, 6) is 0.871. The summed E-state index contributed by atoms with van der Waals surface area (Å²) in [4.78, 5) is 32.2. The van der Waals surface area contributed by atoms with Crippen LogP contribution in [0, 0.1) is 0 Å². The molecule has 0 atom stereocenters. The van der Waals surface area contributed by atoms with E-state index in [1.807, 2.05) is 0 Å². The first-order chi connectivity index (χ1) is 14.0. The number of likely N-dealkylation sites (N-methyl/N-ethyl adjacent to an activating group) is 1. The minimum absolute atomic E-state index is 0. The Kier molecular flexibility index (Phi) is 13.3. The van der Waals surface area contributed by atoms with Crippen LogP contribution in [0.15, 0.2) is 4.99 Å². The van der Waals surface area contributed by atoms with E-state index in [2.05, 4.69) is 32.8 Å². The molecule has 8 nitrogen and oxygen atoms in total. The summed E-state index contributed by atoms with van der Waals surface area (Å²) in [6.07, 6.45) is 9.02. The molecule has 0 aromatic heterocycles. The molecule has 2 aliphatic rings. The fourth-order valence-corrected chi connectivity index (χ4v) is 3.81. The van der Waals surface area contributed by atoms with E-state index in [1.165, 1.54) is 19.3 Å². The molecular weight excluding hydrogens is 495 g/mol. The lowest BCUT2D eigenvalue weighted by molar-refractivity contribution is -0.127. The highest BCUT2D eigenvalue weighted by molar-refractivity contribution is 14.0. The highest BCUT2D eigenvalue weighted by Gasteiger charge is 2.23. The van der Waals surface area contributed by atoms with Crippen molar-refractivity contribution in [2.24, 2.45) is 4.99 Å². The summed E-state index contributed by atoms with van der Waals surface area (Å²) in [6.45, 7) is 5.23. The van der Waals surface area contributed by atoms with Crippen molar-refractivity contribution in [2.75, 3.05) is 46.8 Å². The fraction of sp³-hybridized carbons (Fsp3) is 0.857. The number of hydrogen-bond acceptors (Lipinski definition) is 4. The number of amides is 2. The predicted octanol–water partition coefficient (Wildman–Crippen LogP) is 1.55. The lowest BCUT2D eigenvalue weighted by Crippen LogP contribution is -2.52. The summed E-state index contributed by atoms with van der Waals surface area (Å²) in [7, 11) is 3.51. The van der Waals surface area contributed by atoms with E-state index in [0.717, 1.165) is 57.7 Å². The van der Waals surface area contributed by atoms with Gasteiger partial charge < -0.3 is 20.9 Å². The highest BCUT2D eigenvalue weighted by atomic mass is 127. The van der Waals surface area contributed by atoms with Gasteiger partial charge in [0, 0.05) is 45.8 Å². The lowest BCUT2D eigenvalue weighted by Gasteiger charge is -2.33. The van der Waals surface area contributed by atoms with Crippen LogP contribution in [0.4, 0.5) is 0 Å². The third-order valence-corrected chi connectivity index (χ3v) is 5.69. The Morgan fingerprint density at radius 3 is 2.17 bits per heavy atom. The maximum Gasteiger partial charge on any atom is 0.243 e. The van der Waals surface area contributed by atoms with Crippen LogP contribution < -0.4 is 16.0 Å². The van der Waals surface area contributed by atoms with E-state index in [-0.39, 0.29) is 42.3 Å². The second-order valence-electron chi connectivity index (χ2n) is 8.48. The molecule has 1 saturated heterocycles. The molecule has 2 fully saturated rings. The van der Waals surface area contributed by atoms with Gasteiger partial charge in [-0.3, -0.25) is 14.5 Å². The first-order valence-electron chi connectivity index (χ1n) is 11.2. The number of rotatable bonds is 8. The number of carbonyl (C=O) groups excluding carboxylic acids is 2. The Bertz CT molecular complexity index is 544. The number of nitrogens with one attached hydrogen (secondary N) is 3. The maximum absolute atomic E-state index is 12.0. The molecule has 1 aliphatic heterocycles. The van der Waals surface area contributed by atoms with Gasteiger partial charge in [-0.1, -0.05) is 26.2 Å². The quantitative estimate of drug-likeness (QED) is 0.249. The molecule has 30 heavy (non-hydrogen) atoms. The van der Waals surface area contributed by atoms with Crippen molar-refractivity contribution in [3.63, 3.8) is 0 Å². The van der Waals surface area contributed by atoms with Gasteiger partial charge in [0.25, 0.3) is 0 Å². The molecule has 0 unspecified atom stereocenters. The van der Waals surface area contributed by atoms with Crippen LogP contribution in [-0.2, 0) is 9.59 Å². The second-order valence-corrected chi connectivity index (χ2v) is 8.48. The zero-order valence-electron chi connectivity index (χ0n) is 18.9. The maximum atomic E-state index is 12.0. The first kappa shape index (κ1) is 26.9. The van der Waals surface area contributed by atoms with Crippen LogP contribution >= 0.6 is 24.0 Å². The Morgan fingerprint density at radius 2 is 1.60 bits per heavy atom. The van der Waals surface area contributed by atoms with Crippen LogP contribution in [0.3, 0.4) is 0 Å². The molecule has 1 saturated carbocycles. The predicted molar refractivity (Wildman–Crippen MR) is 132 cm³/mol. The number of aliphatic imine (C=N–C) groups is 1. The van der Waals surface area contributed by atoms with Crippen molar-refractivity contribution in [3.8, 4) is 0 Å². The van der Waals surface area contributed by atoms with E-state index in [4.69, 9.17) is 0 Å². The van der Waals surface area contributed by atoms with E-state index < -0.39 is 0 Å². The van der Waals surface area contributed by atoms with Gasteiger partial charge in [0.15, 0.2) is 5.96 Å². The average molecular weight is 537 g/mol. The Labute approximate surface area is 199 Å². The SMILES string of the molecule is CCCNC(=O)CN1CCC(NC(=NCC(=O)N(C)C)NC2CCCCC2)CC1.I. The van der Waals surface area contributed by atoms with Crippen molar-refractivity contribution in [1.29, 1.82) is 0 Å². The lowest BCUT2D eigenvalue weighted by atomic mass is 9.95. The monoisotopic (exact) mass is 536 g/mol. The molecule has 1 heterocycles. The molecule has 0 spiro atoms. The van der Waals surface area contributed by atoms with Crippen molar-refractivity contribution in [2.45, 2.75) is 70.4 Å². The topological polar surface area (TPSA) is 89.1 Å². The molecule has 2 amide bonds. The molecule has 174 valence electrons. The summed E-state index contributed by atoms with van der Waals surface area (Å²) in [6, 6.07) is 0.751. The number of nitrogens with zero attached hydrogens (tertiary/aromatic N) is 3. The summed E-state index contributed by atoms with van der Waals surface area (Å²) in [5, 5.41) is 10.0. The van der Waals surface area contributed by atoms with Crippen LogP contribution in [0.25, 0.3) is 0 Å². The minimum Gasteiger partial charge on any atom is -0.355 e. The number of piperidine rings is 1. The van der Waals surface area contributed by atoms with E-state index in [1.54, 1.807) is 19.0 Å². The molecule has 9 heteroatoms. The molecule has 2 rings (SSSR count). The standard InChI is InChI=1S/C21H40N6O2.HI/c1-4-12-22-19(28)16-27-13-10-18(11-14-27)25-21(23-15-20(29)26(2)3)24-17-8-6-5-7-9-17;/h17-18H,4-16H2,1-3H3,(H,22,28)(H2,23,24,25);1H. The van der Waals surface area contributed by atoms with Crippen molar-refractivity contribution >= 4 is 41.8 Å². The smallest absolute Gasteiger partial charge is 0.243 e. The second kappa shape index (κ2) is 14.8. The minimum atomic E-state index is 0. The van der Waals surface area contributed by atoms with E-state index in [0.29, 0.717) is 18.6 Å². The van der Waals surface area contributed by atoms with Crippen molar-refractivity contribution in [1.82, 2.24) is 25.8 Å². The van der Waals surface area contributed by atoms with Gasteiger partial charge >= 0.3 is 0 Å². The van der Waals surface area contributed by atoms with Crippen molar-refractivity contribution in [3.05, 3.63) is 0 Å². The number of likely N-dealkylation sites (tertiary alicyclic amines) is 1. The number of carbonyl (C=O) groups is 2. The Balaban J connectivity index is 0.00000450. The third kappa shape index (κ3) is 10.3. The summed E-state index contributed by atoms with van der Waals surface area (Å²) in [5.41, 5.74) is 0. The van der Waals surface area contributed by atoms with Gasteiger partial charge in [0.1, 0.15) is 6.54 Å². The van der Waals surface area contributed by atoms with Gasteiger partial charge in [-0.2, -0.15) is 0 Å². The van der Waals surface area contributed by atoms with E-state index >= 15 is 0 Å². The Morgan fingerprint density at radius 1 is 1.00 bits per heavy atom. The molecule has 0 aromatic rings. The van der Waals surface area contributed by atoms with Crippen molar-refractivity contribution < 1.29 is 9.59 Å². The van der Waals surface area contributed by atoms with Gasteiger partial charge in [-0.25, -0.2) is 4.99 Å². The van der Waals surface area contributed by atoms with Gasteiger partial charge in [-0.05, 0) is 32.1 Å². The Hall–Kier alpha value is -1.10. The van der Waals surface area contributed by atoms with Gasteiger partial charge in [0.05, 0.1) is 6.54 Å². The molecule has 3 N–H and O–H groups in total.